The smallest absolute Gasteiger partial charge is 0.393 e. The molecule has 1 fully saturated rings. The number of aliphatic carboxylic acids is 1. The fourth-order valence-corrected chi connectivity index (χ4v) is 3.84. The molecule has 148 valence electrons. The standard InChI is InChI=1S/C15H19F3N2O4S.ClH/c1-19(2)25(23,24)11-5-3-4-10(6-11)7-20-8-12(14(21)22)13(9-20)15(16,17)18;/h3-6,12-13H,7-9H2,1-2H3,(H,21,22);1H/t12-,13-;/m1./s1. The molecule has 6 nitrogen and oxygen atoms in total. The molecule has 0 spiro atoms. The zero-order chi connectivity index (χ0) is 19.0. The highest BCUT2D eigenvalue weighted by Gasteiger charge is 2.52. The van der Waals surface area contributed by atoms with Crippen molar-refractivity contribution in [2.45, 2.75) is 17.6 Å². The third kappa shape index (κ3) is 4.87. The van der Waals surface area contributed by atoms with Crippen LogP contribution in [0.1, 0.15) is 5.56 Å². The van der Waals surface area contributed by atoms with Gasteiger partial charge in [0.05, 0.1) is 16.7 Å². The summed E-state index contributed by atoms with van der Waals surface area (Å²) in [5, 5.41) is 9.03. The molecular formula is C15H20ClF3N2O4S. The van der Waals surface area contributed by atoms with E-state index in [4.69, 9.17) is 5.11 Å². The van der Waals surface area contributed by atoms with E-state index in [2.05, 4.69) is 0 Å². The number of carboxylic acids is 1. The van der Waals surface area contributed by atoms with Gasteiger partial charge in [-0.05, 0) is 17.7 Å². The fourth-order valence-electron chi connectivity index (χ4n) is 2.87. The first-order valence-electron chi connectivity index (χ1n) is 7.46. The number of likely N-dealkylation sites (tertiary alicyclic amines) is 1. The predicted molar refractivity (Wildman–Crippen MR) is 90.5 cm³/mol. The summed E-state index contributed by atoms with van der Waals surface area (Å²) < 4.78 is 64.4. The minimum Gasteiger partial charge on any atom is -0.481 e. The van der Waals surface area contributed by atoms with E-state index < -0.39 is 40.5 Å². The Morgan fingerprint density at radius 1 is 1.31 bits per heavy atom. The summed E-state index contributed by atoms with van der Waals surface area (Å²) in [6, 6.07) is 5.91. The summed E-state index contributed by atoms with van der Waals surface area (Å²) in [6.07, 6.45) is -4.59. The van der Waals surface area contributed by atoms with Gasteiger partial charge in [0.2, 0.25) is 10.0 Å². The van der Waals surface area contributed by atoms with Crippen molar-refractivity contribution >= 4 is 28.4 Å². The number of benzene rings is 1. The molecule has 1 aromatic rings. The number of carboxylic acid groups (broad SMARTS) is 1. The molecular weight excluding hydrogens is 397 g/mol. The molecule has 1 aromatic carbocycles. The van der Waals surface area contributed by atoms with Crippen molar-refractivity contribution < 1.29 is 31.5 Å². The second-order valence-electron chi connectivity index (χ2n) is 6.22. The predicted octanol–water partition coefficient (Wildman–Crippen LogP) is 2.05. The van der Waals surface area contributed by atoms with Gasteiger partial charge in [-0.1, -0.05) is 12.1 Å². The number of alkyl halides is 3. The van der Waals surface area contributed by atoms with Crippen molar-refractivity contribution in [3.63, 3.8) is 0 Å². The molecule has 0 amide bonds. The van der Waals surface area contributed by atoms with Crippen molar-refractivity contribution in [1.82, 2.24) is 9.21 Å². The van der Waals surface area contributed by atoms with E-state index in [-0.39, 0.29) is 30.4 Å². The number of hydrogen-bond donors (Lipinski definition) is 1. The lowest BCUT2D eigenvalue weighted by molar-refractivity contribution is -0.188. The Hall–Kier alpha value is -1.36. The van der Waals surface area contributed by atoms with Crippen LogP contribution >= 0.6 is 12.4 Å². The summed E-state index contributed by atoms with van der Waals surface area (Å²) in [7, 11) is -0.885. The van der Waals surface area contributed by atoms with Crippen LogP contribution < -0.4 is 0 Å². The van der Waals surface area contributed by atoms with Crippen molar-refractivity contribution in [1.29, 1.82) is 0 Å². The van der Waals surface area contributed by atoms with Crippen molar-refractivity contribution in [3.8, 4) is 0 Å². The molecule has 0 bridgehead atoms. The first-order chi connectivity index (χ1) is 11.4. The third-order valence-electron chi connectivity index (χ3n) is 4.22. The average molecular weight is 417 g/mol. The molecule has 1 saturated heterocycles. The number of halogens is 4. The van der Waals surface area contributed by atoms with Gasteiger partial charge >= 0.3 is 12.1 Å². The fraction of sp³-hybridized carbons (Fsp3) is 0.533. The molecule has 2 atom stereocenters. The minimum atomic E-state index is -4.59. The van der Waals surface area contributed by atoms with E-state index in [0.29, 0.717) is 5.56 Å². The summed E-state index contributed by atoms with van der Waals surface area (Å²) in [4.78, 5) is 12.5. The van der Waals surface area contributed by atoms with E-state index in [1.54, 1.807) is 6.07 Å². The summed E-state index contributed by atoms with van der Waals surface area (Å²) >= 11 is 0. The molecule has 0 radical (unpaired) electrons. The van der Waals surface area contributed by atoms with Gasteiger partial charge in [-0.2, -0.15) is 13.2 Å². The van der Waals surface area contributed by atoms with Crippen LogP contribution in [-0.2, 0) is 21.4 Å². The molecule has 0 saturated carbocycles. The summed E-state index contributed by atoms with van der Waals surface area (Å²) in [6.45, 7) is -0.609. The summed E-state index contributed by atoms with van der Waals surface area (Å²) in [5.74, 6) is -4.93. The number of nitrogens with zero attached hydrogens (tertiary/aromatic N) is 2. The Morgan fingerprint density at radius 2 is 1.92 bits per heavy atom. The lowest BCUT2D eigenvalue weighted by Gasteiger charge is -2.19. The van der Waals surface area contributed by atoms with Crippen molar-refractivity contribution in [2.75, 3.05) is 27.2 Å². The molecule has 11 heteroatoms. The zero-order valence-corrected chi connectivity index (χ0v) is 15.7. The van der Waals surface area contributed by atoms with Gasteiger partial charge in [0.15, 0.2) is 0 Å². The number of hydrogen-bond acceptors (Lipinski definition) is 4. The van der Waals surface area contributed by atoms with Crippen LogP contribution in [0.4, 0.5) is 13.2 Å². The molecule has 1 aliphatic heterocycles. The third-order valence-corrected chi connectivity index (χ3v) is 6.03. The van der Waals surface area contributed by atoms with Crippen LogP contribution in [0.25, 0.3) is 0 Å². The maximum Gasteiger partial charge on any atom is 0.393 e. The Bertz CT molecular complexity index is 756. The highest BCUT2D eigenvalue weighted by Crippen LogP contribution is 2.38. The SMILES string of the molecule is CN(C)S(=O)(=O)c1cccc(CN2C[C@@H](C(F)(F)F)[C@H](C(=O)O)C2)c1.Cl. The monoisotopic (exact) mass is 416 g/mol. The van der Waals surface area contributed by atoms with Crippen LogP contribution in [0.3, 0.4) is 0 Å². The van der Waals surface area contributed by atoms with Crippen LogP contribution in [0.5, 0.6) is 0 Å². The van der Waals surface area contributed by atoms with Crippen LogP contribution in [-0.4, -0.2) is 62.1 Å². The van der Waals surface area contributed by atoms with Gasteiger partial charge in [-0.25, -0.2) is 12.7 Å². The normalized spacial score (nSPS) is 21.6. The molecule has 2 rings (SSSR count). The van der Waals surface area contributed by atoms with Crippen LogP contribution in [0.15, 0.2) is 29.2 Å². The average Bonchev–Trinajstić information content (AvgIpc) is 2.91. The Kier molecular flexibility index (Phi) is 7.08. The van der Waals surface area contributed by atoms with E-state index in [1.807, 2.05) is 0 Å². The number of rotatable bonds is 5. The molecule has 26 heavy (non-hydrogen) atoms. The van der Waals surface area contributed by atoms with Gasteiger partial charge in [0.1, 0.15) is 0 Å². The molecule has 0 unspecified atom stereocenters. The Labute approximate surface area is 156 Å². The topological polar surface area (TPSA) is 77.9 Å². The molecule has 1 aliphatic rings. The zero-order valence-electron chi connectivity index (χ0n) is 14.1. The Balaban J connectivity index is 0.00000338. The lowest BCUT2D eigenvalue weighted by atomic mass is 9.96. The van der Waals surface area contributed by atoms with Crippen molar-refractivity contribution in [2.24, 2.45) is 11.8 Å². The highest BCUT2D eigenvalue weighted by atomic mass is 35.5. The lowest BCUT2D eigenvalue weighted by Crippen LogP contribution is -2.33. The van der Waals surface area contributed by atoms with Gasteiger partial charge < -0.3 is 5.11 Å². The van der Waals surface area contributed by atoms with Gasteiger partial charge in [-0.3, -0.25) is 9.69 Å². The second kappa shape index (κ2) is 8.12. The van der Waals surface area contributed by atoms with Crippen LogP contribution in [0.2, 0.25) is 0 Å². The van der Waals surface area contributed by atoms with Gasteiger partial charge in [0.25, 0.3) is 0 Å². The molecule has 1 N–H and O–H groups in total. The van der Waals surface area contributed by atoms with E-state index in [1.165, 1.54) is 37.2 Å². The largest absolute Gasteiger partial charge is 0.481 e. The number of carbonyl (C=O) groups is 1. The summed E-state index contributed by atoms with van der Waals surface area (Å²) in [5.41, 5.74) is 0.509. The first kappa shape index (κ1) is 22.7. The van der Waals surface area contributed by atoms with Gasteiger partial charge in [0, 0.05) is 33.7 Å². The van der Waals surface area contributed by atoms with E-state index >= 15 is 0 Å². The quantitative estimate of drug-likeness (QED) is 0.795. The molecule has 0 aromatic heterocycles. The second-order valence-corrected chi connectivity index (χ2v) is 8.37. The maximum atomic E-state index is 13.0. The Morgan fingerprint density at radius 3 is 2.38 bits per heavy atom. The highest BCUT2D eigenvalue weighted by molar-refractivity contribution is 7.89. The van der Waals surface area contributed by atoms with E-state index in [9.17, 15) is 26.4 Å². The maximum absolute atomic E-state index is 13.0. The van der Waals surface area contributed by atoms with E-state index in [0.717, 1.165) is 4.31 Å². The molecule has 1 heterocycles. The van der Waals surface area contributed by atoms with Crippen molar-refractivity contribution in [3.05, 3.63) is 29.8 Å². The number of sulfonamides is 1. The molecule has 0 aliphatic carbocycles. The van der Waals surface area contributed by atoms with Crippen LogP contribution in [0, 0.1) is 11.8 Å². The first-order valence-corrected chi connectivity index (χ1v) is 8.90. The van der Waals surface area contributed by atoms with Gasteiger partial charge in [-0.15, -0.1) is 12.4 Å². The minimum absolute atomic E-state index is 0.